The number of piperidine rings is 1. The Morgan fingerprint density at radius 3 is 2.46 bits per heavy atom. The molecule has 2 heterocycles. The summed E-state index contributed by atoms with van der Waals surface area (Å²) in [7, 11) is 0. The number of hydrogen-bond donors (Lipinski definition) is 1. The van der Waals surface area contributed by atoms with Crippen LogP contribution in [0.4, 0.5) is 0 Å². The molecule has 2 amide bonds. The second-order valence-corrected chi connectivity index (χ2v) is 6.59. The van der Waals surface area contributed by atoms with Crippen molar-refractivity contribution in [1.29, 1.82) is 0 Å². The maximum Gasteiger partial charge on any atom is 0.253 e. The fraction of sp³-hybridized carbons (Fsp3) is 0.556. The van der Waals surface area contributed by atoms with E-state index in [4.69, 9.17) is 9.47 Å². The van der Waals surface area contributed by atoms with Gasteiger partial charge >= 0.3 is 0 Å². The first kappa shape index (κ1) is 16.6. The Balaban J connectivity index is 1.60. The van der Waals surface area contributed by atoms with Gasteiger partial charge in [-0.1, -0.05) is 0 Å². The summed E-state index contributed by atoms with van der Waals surface area (Å²) in [6.07, 6.45) is 1.41. The third kappa shape index (κ3) is 3.63. The Hall–Kier alpha value is -2.24. The van der Waals surface area contributed by atoms with Crippen LogP contribution in [-0.4, -0.2) is 49.1 Å². The predicted octanol–water partition coefficient (Wildman–Crippen LogP) is 1.83. The van der Waals surface area contributed by atoms with Crippen molar-refractivity contribution >= 4 is 11.8 Å². The third-order valence-corrected chi connectivity index (χ3v) is 4.37. The lowest BCUT2D eigenvalue weighted by atomic mass is 9.95. The second kappa shape index (κ2) is 7.11. The van der Waals surface area contributed by atoms with Gasteiger partial charge < -0.3 is 19.7 Å². The van der Waals surface area contributed by atoms with Gasteiger partial charge in [0.2, 0.25) is 5.91 Å². The minimum Gasteiger partial charge on any atom is -0.486 e. The molecule has 0 spiro atoms. The minimum atomic E-state index is -0.0188. The van der Waals surface area contributed by atoms with E-state index < -0.39 is 0 Å². The van der Waals surface area contributed by atoms with Crippen molar-refractivity contribution in [3.05, 3.63) is 23.8 Å². The molecule has 0 saturated carbocycles. The Kier molecular flexibility index (Phi) is 4.92. The van der Waals surface area contributed by atoms with E-state index in [9.17, 15) is 9.59 Å². The molecule has 130 valence electrons. The molecule has 0 aliphatic carbocycles. The highest BCUT2D eigenvalue weighted by Gasteiger charge is 2.28. The second-order valence-electron chi connectivity index (χ2n) is 6.59. The van der Waals surface area contributed by atoms with E-state index in [1.54, 1.807) is 18.2 Å². The number of carbonyl (C=O) groups excluding carboxylic acids is 2. The Labute approximate surface area is 142 Å². The van der Waals surface area contributed by atoms with Gasteiger partial charge in [-0.3, -0.25) is 9.59 Å². The van der Waals surface area contributed by atoms with Crippen molar-refractivity contribution < 1.29 is 19.1 Å². The Morgan fingerprint density at radius 1 is 1.12 bits per heavy atom. The smallest absolute Gasteiger partial charge is 0.253 e. The summed E-state index contributed by atoms with van der Waals surface area (Å²) < 4.78 is 11.0. The van der Waals surface area contributed by atoms with Crippen molar-refractivity contribution in [2.75, 3.05) is 26.3 Å². The van der Waals surface area contributed by atoms with Crippen LogP contribution in [0.1, 0.15) is 37.0 Å². The average molecular weight is 332 g/mol. The first-order valence-corrected chi connectivity index (χ1v) is 8.54. The molecule has 1 saturated heterocycles. The monoisotopic (exact) mass is 332 g/mol. The highest BCUT2D eigenvalue weighted by atomic mass is 16.6. The molecule has 0 atom stereocenters. The van der Waals surface area contributed by atoms with E-state index >= 15 is 0 Å². The van der Waals surface area contributed by atoms with E-state index in [0.717, 1.165) is 0 Å². The van der Waals surface area contributed by atoms with Gasteiger partial charge in [-0.2, -0.15) is 0 Å². The normalized spacial score (nSPS) is 17.7. The van der Waals surface area contributed by atoms with Gasteiger partial charge in [-0.25, -0.2) is 0 Å². The van der Waals surface area contributed by atoms with Gasteiger partial charge in [0, 0.05) is 30.6 Å². The lowest BCUT2D eigenvalue weighted by molar-refractivity contribution is -0.126. The fourth-order valence-electron chi connectivity index (χ4n) is 3.11. The zero-order valence-electron chi connectivity index (χ0n) is 14.2. The van der Waals surface area contributed by atoms with Crippen molar-refractivity contribution in [2.45, 2.75) is 32.7 Å². The topological polar surface area (TPSA) is 67.9 Å². The Bertz CT molecular complexity index is 621. The number of amides is 2. The molecule has 2 aliphatic rings. The van der Waals surface area contributed by atoms with Crippen LogP contribution >= 0.6 is 0 Å². The fourth-order valence-corrected chi connectivity index (χ4v) is 3.11. The summed E-state index contributed by atoms with van der Waals surface area (Å²) in [5, 5.41) is 2.95. The van der Waals surface area contributed by atoms with Gasteiger partial charge in [0.15, 0.2) is 11.5 Å². The molecule has 0 bridgehead atoms. The summed E-state index contributed by atoms with van der Waals surface area (Å²) in [6.45, 7) is 6.15. The molecule has 6 nitrogen and oxygen atoms in total. The molecule has 1 aromatic rings. The van der Waals surface area contributed by atoms with Crippen LogP contribution < -0.4 is 14.8 Å². The van der Waals surface area contributed by atoms with E-state index in [-0.39, 0.29) is 23.8 Å². The summed E-state index contributed by atoms with van der Waals surface area (Å²) in [4.78, 5) is 26.5. The van der Waals surface area contributed by atoms with Crippen molar-refractivity contribution in [3.8, 4) is 11.5 Å². The maximum atomic E-state index is 12.7. The molecule has 1 aromatic carbocycles. The lowest BCUT2D eigenvalue weighted by Gasteiger charge is -2.32. The number of hydrogen-bond acceptors (Lipinski definition) is 4. The lowest BCUT2D eigenvalue weighted by Crippen LogP contribution is -2.44. The molecule has 0 radical (unpaired) electrons. The van der Waals surface area contributed by atoms with Crippen molar-refractivity contribution in [2.24, 2.45) is 5.92 Å². The molecule has 1 N–H and O–H groups in total. The molecule has 1 fully saturated rings. The summed E-state index contributed by atoms with van der Waals surface area (Å²) in [5.41, 5.74) is 0.601. The number of fused-ring (bicyclic) bond motifs is 1. The van der Waals surface area contributed by atoms with Crippen LogP contribution in [0.5, 0.6) is 11.5 Å². The third-order valence-electron chi connectivity index (χ3n) is 4.37. The molecule has 6 heteroatoms. The van der Waals surface area contributed by atoms with Crippen LogP contribution in [0.25, 0.3) is 0 Å². The van der Waals surface area contributed by atoms with Crippen LogP contribution in [0, 0.1) is 5.92 Å². The Morgan fingerprint density at radius 2 is 1.79 bits per heavy atom. The van der Waals surface area contributed by atoms with Crippen molar-refractivity contribution in [1.82, 2.24) is 10.2 Å². The number of ether oxygens (including phenoxy) is 2. The van der Waals surface area contributed by atoms with E-state index in [1.165, 1.54) is 0 Å². The molecular formula is C18H24N2O4. The summed E-state index contributed by atoms with van der Waals surface area (Å²) >= 11 is 0. The maximum absolute atomic E-state index is 12.7. The summed E-state index contributed by atoms with van der Waals surface area (Å²) in [6, 6.07) is 5.45. The van der Waals surface area contributed by atoms with Crippen LogP contribution in [-0.2, 0) is 4.79 Å². The molecular weight excluding hydrogens is 308 g/mol. The van der Waals surface area contributed by atoms with Crippen LogP contribution in [0.15, 0.2) is 18.2 Å². The van der Waals surface area contributed by atoms with Gasteiger partial charge in [-0.15, -0.1) is 0 Å². The highest BCUT2D eigenvalue weighted by molar-refractivity contribution is 5.95. The zero-order valence-corrected chi connectivity index (χ0v) is 14.2. The first-order chi connectivity index (χ1) is 11.5. The minimum absolute atomic E-state index is 0.00304. The quantitative estimate of drug-likeness (QED) is 0.917. The van der Waals surface area contributed by atoms with Gasteiger partial charge in [0.25, 0.3) is 5.91 Å². The number of carbonyl (C=O) groups is 2. The molecule has 24 heavy (non-hydrogen) atoms. The molecule has 0 aromatic heterocycles. The SMILES string of the molecule is CC(C)NC(=O)C1CCN(C(=O)c2ccc3c(c2)OCCO3)CC1. The molecule has 2 aliphatic heterocycles. The van der Waals surface area contributed by atoms with E-state index in [1.807, 2.05) is 18.7 Å². The largest absolute Gasteiger partial charge is 0.486 e. The molecule has 3 rings (SSSR count). The first-order valence-electron chi connectivity index (χ1n) is 8.54. The zero-order chi connectivity index (χ0) is 17.1. The predicted molar refractivity (Wildman–Crippen MR) is 89.3 cm³/mol. The van der Waals surface area contributed by atoms with Gasteiger partial charge in [0.05, 0.1) is 0 Å². The van der Waals surface area contributed by atoms with E-state index in [2.05, 4.69) is 5.32 Å². The van der Waals surface area contributed by atoms with Gasteiger partial charge in [0.1, 0.15) is 13.2 Å². The van der Waals surface area contributed by atoms with E-state index in [0.29, 0.717) is 56.2 Å². The number of nitrogens with one attached hydrogen (secondary N) is 1. The number of likely N-dealkylation sites (tertiary alicyclic amines) is 1. The average Bonchev–Trinajstić information content (AvgIpc) is 2.60. The standard InChI is InChI=1S/C18H24N2O4/c1-12(2)19-17(21)13-5-7-20(8-6-13)18(22)14-3-4-15-16(11-14)24-10-9-23-15/h3-4,11-13H,5-10H2,1-2H3,(H,19,21). The summed E-state index contributed by atoms with van der Waals surface area (Å²) in [5.74, 6) is 1.38. The van der Waals surface area contributed by atoms with Gasteiger partial charge in [-0.05, 0) is 44.9 Å². The van der Waals surface area contributed by atoms with Crippen LogP contribution in [0.2, 0.25) is 0 Å². The number of benzene rings is 1. The number of rotatable bonds is 3. The van der Waals surface area contributed by atoms with Crippen LogP contribution in [0.3, 0.4) is 0 Å². The van der Waals surface area contributed by atoms with Crippen molar-refractivity contribution in [3.63, 3.8) is 0 Å². The highest BCUT2D eigenvalue weighted by Crippen LogP contribution is 2.31. The number of nitrogens with zero attached hydrogens (tertiary/aromatic N) is 1. The molecule has 0 unspecified atom stereocenters.